The van der Waals surface area contributed by atoms with Crippen molar-refractivity contribution in [3.8, 4) is 33.6 Å². The number of H-pyrrole nitrogens is 4. The molecule has 0 bridgehead atoms. The van der Waals surface area contributed by atoms with Crippen molar-refractivity contribution in [1.82, 2.24) is 19.9 Å². The van der Waals surface area contributed by atoms with Crippen molar-refractivity contribution in [3.05, 3.63) is 167 Å². The lowest BCUT2D eigenvalue weighted by Crippen LogP contribution is -2.10. The number of aliphatic imine (C=N–C) groups is 2. The average molecular weight is 713 g/mol. The Balaban J connectivity index is 1.41. The summed E-state index contributed by atoms with van der Waals surface area (Å²) in [6.07, 6.45) is 15.2. The van der Waals surface area contributed by atoms with Gasteiger partial charge in [-0.2, -0.15) is 0 Å². The fourth-order valence-corrected chi connectivity index (χ4v) is 6.74. The van der Waals surface area contributed by atoms with Crippen LogP contribution in [0.25, 0.3) is 45.8 Å². The van der Waals surface area contributed by atoms with Gasteiger partial charge in [0.15, 0.2) is 0 Å². The van der Waals surface area contributed by atoms with Gasteiger partial charge in [-0.25, -0.2) is 19.6 Å². The Hall–Kier alpha value is -7.20. The molecule has 0 saturated heterocycles. The summed E-state index contributed by atoms with van der Waals surface area (Å²) >= 11 is 0. The molecule has 4 aromatic heterocycles. The van der Waals surface area contributed by atoms with Crippen LogP contribution in [0.4, 0.5) is 0 Å². The summed E-state index contributed by atoms with van der Waals surface area (Å²) in [5.41, 5.74) is 9.62. The van der Waals surface area contributed by atoms with E-state index >= 15 is 0 Å². The van der Waals surface area contributed by atoms with E-state index in [1.165, 1.54) is 0 Å². The van der Waals surface area contributed by atoms with Crippen LogP contribution in [0.1, 0.15) is 57.3 Å². The highest BCUT2D eigenvalue weighted by Gasteiger charge is 2.35. The first-order chi connectivity index (χ1) is 26.5. The molecule has 266 valence electrons. The predicted octanol–water partition coefficient (Wildman–Crippen LogP) is 9.15. The lowest BCUT2D eigenvalue weighted by molar-refractivity contribution is 0.0516. The first kappa shape index (κ1) is 33.9. The van der Waals surface area contributed by atoms with Crippen LogP contribution in [0.3, 0.4) is 0 Å². The number of esters is 2. The van der Waals surface area contributed by atoms with E-state index in [4.69, 9.17) is 19.5 Å². The zero-order valence-corrected chi connectivity index (χ0v) is 29.6. The van der Waals surface area contributed by atoms with Crippen molar-refractivity contribution in [2.24, 2.45) is 9.98 Å². The fraction of sp³-hybridized carbons (Fsp3) is 0.0909. The van der Waals surface area contributed by atoms with Crippen LogP contribution in [0, 0.1) is 0 Å². The average Bonchev–Trinajstić information content (AvgIpc) is 4.05. The van der Waals surface area contributed by atoms with Gasteiger partial charge in [-0.15, -0.1) is 0 Å². The Bertz CT molecular complexity index is 2350. The molecule has 10 nitrogen and oxygen atoms in total. The molecule has 0 atom stereocenters. The van der Waals surface area contributed by atoms with Crippen LogP contribution in [0.2, 0.25) is 0 Å². The van der Waals surface area contributed by atoms with Crippen molar-refractivity contribution in [3.63, 3.8) is 0 Å². The van der Waals surface area contributed by atoms with E-state index in [9.17, 15) is 9.59 Å². The maximum Gasteiger partial charge on any atom is 0.341 e. The van der Waals surface area contributed by atoms with Gasteiger partial charge in [-0.1, -0.05) is 60.7 Å². The number of nitrogens with zero attached hydrogens (tertiary/aromatic N) is 2. The van der Waals surface area contributed by atoms with E-state index in [1.807, 2.05) is 134 Å². The molecule has 0 spiro atoms. The van der Waals surface area contributed by atoms with E-state index < -0.39 is 11.9 Å². The van der Waals surface area contributed by atoms with E-state index in [0.717, 1.165) is 33.9 Å². The minimum absolute atomic E-state index is 0.143. The molecule has 0 unspecified atom stereocenters. The molecule has 2 aliphatic rings. The molecular weight excluding hydrogens is 677 g/mol. The number of carbonyl (C=O) groups is 2. The monoisotopic (exact) mass is 712 g/mol. The first-order valence-corrected chi connectivity index (χ1v) is 17.7. The van der Waals surface area contributed by atoms with Crippen molar-refractivity contribution >= 4 is 35.5 Å². The molecule has 8 rings (SSSR count). The van der Waals surface area contributed by atoms with E-state index in [2.05, 4.69) is 19.9 Å². The minimum Gasteiger partial charge on any atom is -0.462 e. The summed E-state index contributed by atoms with van der Waals surface area (Å²) in [7, 11) is 0. The SMILES string of the molecule is CCOC(=O)c1c(-c2[nH]c(C3=N/C(=C\c4ccc[nH]4)C=C3)c(-c3ccccc3)c2C(=O)OCC)[nH]c(C2=N/C(=C\c3ccc[nH]3)C=C2)c1-c1ccccc1. The summed E-state index contributed by atoms with van der Waals surface area (Å²) in [5, 5.41) is 0. The lowest BCUT2D eigenvalue weighted by Gasteiger charge is -2.10. The molecule has 6 heterocycles. The molecule has 10 heteroatoms. The molecule has 54 heavy (non-hydrogen) atoms. The maximum atomic E-state index is 14.3. The van der Waals surface area contributed by atoms with Crippen molar-refractivity contribution in [1.29, 1.82) is 0 Å². The van der Waals surface area contributed by atoms with Crippen LogP contribution in [0.5, 0.6) is 0 Å². The Morgan fingerprint density at radius 3 is 1.35 bits per heavy atom. The second-order valence-corrected chi connectivity index (χ2v) is 12.5. The van der Waals surface area contributed by atoms with Gasteiger partial charge in [-0.3, -0.25) is 0 Å². The number of nitrogens with one attached hydrogen (secondary N) is 4. The summed E-state index contributed by atoms with van der Waals surface area (Å²) < 4.78 is 11.5. The second-order valence-electron chi connectivity index (χ2n) is 12.5. The second kappa shape index (κ2) is 14.8. The first-order valence-electron chi connectivity index (χ1n) is 17.7. The zero-order chi connectivity index (χ0) is 37.0. The number of benzene rings is 2. The molecular formula is C44H36N6O4. The lowest BCUT2D eigenvalue weighted by atomic mass is 9.95. The maximum absolute atomic E-state index is 14.3. The standard InChI is InChI=1S/C44H36N6O4/c1-3-53-43(51)37-35(27-13-7-5-8-14-27)39(33-21-19-31(47-33)25-29-17-11-23-45-29)49-41(37)42-38(44(52)54-4-2)36(28-15-9-6-10-16-28)40(50-42)34-22-20-32(48-34)26-30-18-12-24-46-30/h5-26,45-46,49-50H,3-4H2,1-2H3/b31-25-,32-26-. The van der Waals surface area contributed by atoms with Crippen LogP contribution in [-0.2, 0) is 9.47 Å². The predicted molar refractivity (Wildman–Crippen MR) is 212 cm³/mol. The number of aromatic nitrogens is 4. The van der Waals surface area contributed by atoms with E-state index in [1.54, 1.807) is 13.8 Å². The smallest absolute Gasteiger partial charge is 0.341 e. The fourth-order valence-electron chi connectivity index (χ4n) is 6.74. The molecule has 0 radical (unpaired) electrons. The van der Waals surface area contributed by atoms with Gasteiger partial charge in [0.2, 0.25) is 0 Å². The normalized spacial score (nSPS) is 14.9. The molecule has 0 amide bonds. The molecule has 0 aliphatic carbocycles. The number of hydrogen-bond donors (Lipinski definition) is 4. The van der Waals surface area contributed by atoms with Crippen LogP contribution >= 0.6 is 0 Å². The van der Waals surface area contributed by atoms with Crippen molar-refractivity contribution in [2.45, 2.75) is 13.8 Å². The molecule has 0 fully saturated rings. The van der Waals surface area contributed by atoms with Gasteiger partial charge in [0.05, 0.1) is 69.9 Å². The number of aromatic amines is 4. The highest BCUT2D eigenvalue weighted by atomic mass is 16.5. The van der Waals surface area contributed by atoms with Crippen LogP contribution < -0.4 is 0 Å². The summed E-state index contributed by atoms with van der Waals surface area (Å²) in [6.45, 7) is 3.82. The highest BCUT2D eigenvalue weighted by molar-refractivity contribution is 6.21. The zero-order valence-electron chi connectivity index (χ0n) is 29.6. The molecule has 0 saturated carbocycles. The third-order valence-electron chi connectivity index (χ3n) is 9.02. The number of hydrogen-bond acceptors (Lipinski definition) is 6. The molecule has 2 aliphatic heterocycles. The van der Waals surface area contributed by atoms with Gasteiger partial charge in [-0.05, 0) is 85.7 Å². The molecule has 2 aromatic carbocycles. The highest BCUT2D eigenvalue weighted by Crippen LogP contribution is 2.43. The van der Waals surface area contributed by atoms with E-state index in [-0.39, 0.29) is 24.3 Å². The Kier molecular flexibility index (Phi) is 9.30. The summed E-state index contributed by atoms with van der Waals surface area (Å²) in [4.78, 5) is 51.9. The van der Waals surface area contributed by atoms with Gasteiger partial charge in [0.25, 0.3) is 0 Å². The number of rotatable bonds is 11. The van der Waals surface area contributed by atoms with Gasteiger partial charge >= 0.3 is 11.9 Å². The largest absolute Gasteiger partial charge is 0.462 e. The number of allylic oxidation sites excluding steroid dienone is 4. The third kappa shape index (κ3) is 6.52. The Morgan fingerprint density at radius 1 is 0.556 bits per heavy atom. The number of carbonyl (C=O) groups excluding carboxylic acids is 2. The summed E-state index contributed by atoms with van der Waals surface area (Å²) in [5.74, 6) is -1.11. The molecule has 4 N–H and O–H groups in total. The number of ether oxygens (including phenoxy) is 2. The minimum atomic E-state index is -0.555. The van der Waals surface area contributed by atoms with Crippen molar-refractivity contribution < 1.29 is 19.1 Å². The van der Waals surface area contributed by atoms with E-state index in [0.29, 0.717) is 45.3 Å². The van der Waals surface area contributed by atoms with Gasteiger partial charge < -0.3 is 29.4 Å². The third-order valence-corrected chi connectivity index (χ3v) is 9.02. The quantitative estimate of drug-likeness (QED) is 0.0995. The summed E-state index contributed by atoms with van der Waals surface area (Å²) in [6, 6.07) is 27.0. The topological polar surface area (TPSA) is 140 Å². The van der Waals surface area contributed by atoms with Crippen molar-refractivity contribution in [2.75, 3.05) is 13.2 Å². The van der Waals surface area contributed by atoms with Crippen LogP contribution in [-0.4, -0.2) is 56.5 Å². The Morgan fingerprint density at radius 2 is 0.981 bits per heavy atom. The Labute approximate surface area is 311 Å². The molecule has 6 aromatic rings. The van der Waals surface area contributed by atoms with Gasteiger partial charge in [0, 0.05) is 34.9 Å². The van der Waals surface area contributed by atoms with Crippen LogP contribution in [0.15, 0.2) is 143 Å². The van der Waals surface area contributed by atoms with Gasteiger partial charge in [0.1, 0.15) is 0 Å².